The van der Waals surface area contributed by atoms with Gasteiger partial charge in [-0.25, -0.2) is 4.79 Å². The zero-order valence-corrected chi connectivity index (χ0v) is 19.8. The largest absolute Gasteiger partial charge is 0.494 e. The molecule has 0 aliphatic carbocycles. The van der Waals surface area contributed by atoms with Crippen LogP contribution in [0.3, 0.4) is 0 Å². The molecule has 1 N–H and O–H groups in total. The summed E-state index contributed by atoms with van der Waals surface area (Å²) in [6.07, 6.45) is -3.92. The van der Waals surface area contributed by atoms with Crippen LogP contribution in [0.2, 0.25) is 0 Å². The lowest BCUT2D eigenvalue weighted by Gasteiger charge is -2.32. The number of alkyl halides is 3. The van der Waals surface area contributed by atoms with Crippen molar-refractivity contribution in [2.45, 2.75) is 84.3 Å². The van der Waals surface area contributed by atoms with Gasteiger partial charge in [-0.1, -0.05) is 0 Å². The van der Waals surface area contributed by atoms with Gasteiger partial charge in [0, 0.05) is 6.54 Å². The third-order valence-electron chi connectivity index (χ3n) is 5.29. The molecule has 0 atom stereocenters. The van der Waals surface area contributed by atoms with Gasteiger partial charge in [0.15, 0.2) is 0 Å². The number of ether oxygens (including phenoxy) is 2. The summed E-state index contributed by atoms with van der Waals surface area (Å²) in [7, 11) is -0.928. The fourth-order valence-corrected chi connectivity index (χ4v) is 2.91. The Labute approximate surface area is 188 Å². The van der Waals surface area contributed by atoms with E-state index in [9.17, 15) is 18.0 Å². The van der Waals surface area contributed by atoms with Gasteiger partial charge in [-0.2, -0.15) is 13.2 Å². The van der Waals surface area contributed by atoms with E-state index in [1.54, 1.807) is 20.8 Å². The quantitative estimate of drug-likeness (QED) is 0.474. The third kappa shape index (κ3) is 7.30. The van der Waals surface area contributed by atoms with Crippen molar-refractivity contribution >= 4 is 18.7 Å². The fourth-order valence-electron chi connectivity index (χ4n) is 2.91. The van der Waals surface area contributed by atoms with Gasteiger partial charge in [0.1, 0.15) is 11.4 Å². The highest BCUT2D eigenvalue weighted by Crippen LogP contribution is 2.37. The van der Waals surface area contributed by atoms with Crippen LogP contribution in [-0.2, 0) is 20.2 Å². The Morgan fingerprint density at radius 1 is 1.03 bits per heavy atom. The molecule has 1 aliphatic heterocycles. The second-order valence-electron chi connectivity index (χ2n) is 9.86. The van der Waals surface area contributed by atoms with Gasteiger partial charge in [-0.3, -0.25) is 0 Å². The molecule has 2 rings (SSSR count). The van der Waals surface area contributed by atoms with Crippen LogP contribution in [0.4, 0.5) is 18.0 Å². The van der Waals surface area contributed by atoms with Crippen molar-refractivity contribution in [3.05, 3.63) is 23.8 Å². The van der Waals surface area contributed by atoms with Crippen molar-refractivity contribution < 1.29 is 36.7 Å². The first-order valence-electron chi connectivity index (χ1n) is 10.7. The average Bonchev–Trinajstić information content (AvgIpc) is 2.83. The molecule has 180 valence electrons. The summed E-state index contributed by atoms with van der Waals surface area (Å²) in [5.41, 5.74) is -2.50. The van der Waals surface area contributed by atoms with Crippen LogP contribution in [0.25, 0.3) is 0 Å². The van der Waals surface area contributed by atoms with Crippen LogP contribution in [-0.4, -0.2) is 43.2 Å². The molecule has 32 heavy (non-hydrogen) atoms. The molecule has 6 nitrogen and oxygen atoms in total. The molecule has 1 fully saturated rings. The van der Waals surface area contributed by atoms with Gasteiger partial charge < -0.3 is 24.1 Å². The minimum Gasteiger partial charge on any atom is -0.494 e. The number of unbranched alkanes of at least 4 members (excludes halogenated alkanes) is 1. The van der Waals surface area contributed by atoms with Crippen LogP contribution >= 0.6 is 0 Å². The molecular weight excluding hydrogens is 426 g/mol. The minimum atomic E-state index is -4.53. The minimum absolute atomic E-state index is 0.0876. The number of alkyl carbamates (subject to hydrolysis) is 1. The topological polar surface area (TPSA) is 66.0 Å². The van der Waals surface area contributed by atoms with Crippen LogP contribution in [0.5, 0.6) is 5.75 Å². The number of carbonyl (C=O) groups excluding carboxylic acids is 1. The molecule has 1 saturated heterocycles. The summed E-state index contributed by atoms with van der Waals surface area (Å²) >= 11 is 0. The van der Waals surface area contributed by atoms with Crippen molar-refractivity contribution in [1.82, 2.24) is 5.32 Å². The number of hydrogen-bond donors (Lipinski definition) is 1. The molecule has 0 spiro atoms. The van der Waals surface area contributed by atoms with Crippen LogP contribution in [0.15, 0.2) is 18.2 Å². The monoisotopic (exact) mass is 459 g/mol. The lowest BCUT2D eigenvalue weighted by molar-refractivity contribution is -0.137. The predicted molar refractivity (Wildman–Crippen MR) is 116 cm³/mol. The summed E-state index contributed by atoms with van der Waals surface area (Å²) < 4.78 is 62.8. The van der Waals surface area contributed by atoms with E-state index in [2.05, 4.69) is 5.32 Å². The smallest absolute Gasteiger partial charge is 0.494 e. The Morgan fingerprint density at radius 2 is 1.62 bits per heavy atom. The first kappa shape index (κ1) is 26.3. The first-order valence-corrected chi connectivity index (χ1v) is 10.7. The maximum absolute atomic E-state index is 13.4. The molecular formula is C22H33BF3NO5. The van der Waals surface area contributed by atoms with E-state index in [1.165, 1.54) is 6.07 Å². The Hall–Kier alpha value is -1.94. The zero-order chi connectivity index (χ0) is 24.4. The van der Waals surface area contributed by atoms with Crippen LogP contribution in [0, 0.1) is 0 Å². The lowest BCUT2D eigenvalue weighted by atomic mass is 9.78. The van der Waals surface area contributed by atoms with Gasteiger partial charge in [-0.05, 0) is 85.0 Å². The second kappa shape index (κ2) is 9.51. The molecule has 0 saturated carbocycles. The highest BCUT2D eigenvalue weighted by molar-refractivity contribution is 6.62. The molecule has 1 aromatic carbocycles. The van der Waals surface area contributed by atoms with E-state index in [0.29, 0.717) is 19.4 Å². The average molecular weight is 459 g/mol. The van der Waals surface area contributed by atoms with Crippen LogP contribution < -0.4 is 15.5 Å². The summed E-state index contributed by atoms with van der Waals surface area (Å²) in [6, 6.07) is 3.50. The molecule has 1 aliphatic rings. The van der Waals surface area contributed by atoms with Crippen molar-refractivity contribution in [3.8, 4) is 5.75 Å². The molecule has 1 amide bonds. The highest BCUT2D eigenvalue weighted by Gasteiger charge is 2.52. The number of hydrogen-bond acceptors (Lipinski definition) is 5. The number of amides is 1. The molecule has 1 heterocycles. The van der Waals surface area contributed by atoms with Gasteiger partial charge in [0.05, 0.1) is 23.4 Å². The van der Waals surface area contributed by atoms with E-state index < -0.39 is 41.8 Å². The lowest BCUT2D eigenvalue weighted by Crippen LogP contribution is -2.41. The maximum atomic E-state index is 13.4. The first-order chi connectivity index (χ1) is 14.5. The fraction of sp³-hybridized carbons (Fsp3) is 0.682. The number of halogens is 3. The van der Waals surface area contributed by atoms with Crippen molar-refractivity contribution in [2.75, 3.05) is 13.2 Å². The Bertz CT molecular complexity index is 790. The molecule has 0 radical (unpaired) electrons. The van der Waals surface area contributed by atoms with Crippen molar-refractivity contribution in [3.63, 3.8) is 0 Å². The maximum Gasteiger partial charge on any atom is 0.494 e. The van der Waals surface area contributed by atoms with Gasteiger partial charge >= 0.3 is 19.4 Å². The van der Waals surface area contributed by atoms with E-state index in [1.807, 2.05) is 27.7 Å². The normalized spacial score (nSPS) is 17.9. The van der Waals surface area contributed by atoms with E-state index in [4.69, 9.17) is 18.8 Å². The summed E-state index contributed by atoms with van der Waals surface area (Å²) in [5, 5.41) is 2.63. The number of nitrogens with one attached hydrogen (secondary N) is 1. The molecule has 0 bridgehead atoms. The zero-order valence-electron chi connectivity index (χ0n) is 19.8. The Kier molecular flexibility index (Phi) is 7.82. The summed E-state index contributed by atoms with van der Waals surface area (Å²) in [5.74, 6) is 0.0876. The van der Waals surface area contributed by atoms with Gasteiger partial charge in [0.25, 0.3) is 0 Å². The standard InChI is InChI=1S/C22H33BF3NO5/c1-19(2,3)30-18(28)27-10-8-9-11-29-17-13-15(22(24,25)26)12-16(14-17)23-31-20(4,5)21(6,7)32-23/h12-14H,8-11H2,1-7H3,(H,27,28). The van der Waals surface area contributed by atoms with E-state index in [-0.39, 0.29) is 17.8 Å². The van der Waals surface area contributed by atoms with Crippen LogP contribution in [0.1, 0.15) is 66.9 Å². The highest BCUT2D eigenvalue weighted by atomic mass is 19.4. The van der Waals surface area contributed by atoms with Gasteiger partial charge in [0.2, 0.25) is 0 Å². The van der Waals surface area contributed by atoms with Crippen molar-refractivity contribution in [1.29, 1.82) is 0 Å². The molecule has 1 aromatic rings. The summed E-state index contributed by atoms with van der Waals surface area (Å²) in [6.45, 7) is 13.2. The molecule has 10 heteroatoms. The second-order valence-corrected chi connectivity index (χ2v) is 9.86. The van der Waals surface area contributed by atoms with Gasteiger partial charge in [-0.15, -0.1) is 0 Å². The number of carbonyl (C=O) groups is 1. The SMILES string of the molecule is CC(C)(C)OC(=O)NCCCCOc1cc(B2OC(C)(C)C(C)(C)O2)cc(C(F)(F)F)c1. The predicted octanol–water partition coefficient (Wildman–Crippen LogP) is 4.69. The Balaban J connectivity index is 1.97. The molecule has 0 aromatic heterocycles. The molecule has 0 unspecified atom stereocenters. The van der Waals surface area contributed by atoms with E-state index >= 15 is 0 Å². The third-order valence-corrected chi connectivity index (χ3v) is 5.29. The van der Waals surface area contributed by atoms with Crippen molar-refractivity contribution in [2.24, 2.45) is 0 Å². The summed E-state index contributed by atoms with van der Waals surface area (Å²) in [4.78, 5) is 11.6. The number of benzene rings is 1. The Morgan fingerprint density at radius 3 is 2.16 bits per heavy atom. The van der Waals surface area contributed by atoms with E-state index in [0.717, 1.165) is 12.1 Å². The number of rotatable bonds is 7.